The molecule has 0 unspecified atom stereocenters. The van der Waals surface area contributed by atoms with E-state index >= 15 is 0 Å². The second kappa shape index (κ2) is 5.51. The van der Waals surface area contributed by atoms with Gasteiger partial charge in [0.2, 0.25) is 0 Å². The maximum atomic E-state index is 12.7. The van der Waals surface area contributed by atoms with Crippen LogP contribution in [0.25, 0.3) is 0 Å². The number of halogens is 2. The molecule has 0 aliphatic heterocycles. The van der Waals surface area contributed by atoms with Crippen molar-refractivity contribution in [1.82, 2.24) is 10.2 Å². The largest absolute Gasteiger partial charge is 0.280 e. The second-order valence-electron chi connectivity index (χ2n) is 4.86. The van der Waals surface area contributed by atoms with E-state index in [0.717, 1.165) is 0 Å². The number of rotatable bonds is 3. The molecule has 5 nitrogen and oxygen atoms in total. The molecule has 0 radical (unpaired) electrons. The lowest BCUT2D eigenvalue weighted by Gasteiger charge is -2.14. The van der Waals surface area contributed by atoms with Crippen LogP contribution in [0, 0.1) is 27.7 Å². The number of nitrogens with zero attached hydrogens (tertiary/aromatic N) is 1. The summed E-state index contributed by atoms with van der Waals surface area (Å²) >= 11 is 12.2. The molecule has 0 fully saturated rings. The Balaban J connectivity index is 2.61. The molecule has 0 amide bonds. The van der Waals surface area contributed by atoms with Crippen LogP contribution in [-0.4, -0.2) is 18.6 Å². The summed E-state index contributed by atoms with van der Waals surface area (Å²) < 4.78 is 27.8. The molecule has 0 spiro atoms. The number of anilines is 1. The Kier molecular flexibility index (Phi) is 4.24. The van der Waals surface area contributed by atoms with Gasteiger partial charge < -0.3 is 0 Å². The molecule has 1 heterocycles. The van der Waals surface area contributed by atoms with Crippen molar-refractivity contribution in [3.8, 4) is 0 Å². The van der Waals surface area contributed by atoms with E-state index in [2.05, 4.69) is 14.9 Å². The van der Waals surface area contributed by atoms with Crippen molar-refractivity contribution in [2.45, 2.75) is 32.6 Å². The molecule has 8 heteroatoms. The van der Waals surface area contributed by atoms with Crippen LogP contribution in [0.3, 0.4) is 0 Å². The Bertz CT molecular complexity index is 768. The number of hydrogen-bond donors (Lipinski definition) is 2. The van der Waals surface area contributed by atoms with Crippen molar-refractivity contribution in [1.29, 1.82) is 0 Å². The normalized spacial score (nSPS) is 11.7. The predicted octanol–water partition coefficient (Wildman–Crippen LogP) is 3.75. The van der Waals surface area contributed by atoms with Gasteiger partial charge in [-0.3, -0.25) is 9.82 Å². The first-order valence-corrected chi connectivity index (χ1v) is 8.38. The van der Waals surface area contributed by atoms with Gasteiger partial charge in [0.1, 0.15) is 4.90 Å². The zero-order chi connectivity index (χ0) is 15.9. The van der Waals surface area contributed by atoms with Crippen molar-refractivity contribution < 1.29 is 8.42 Å². The molecule has 2 aromatic rings. The van der Waals surface area contributed by atoms with Crippen LogP contribution in [0.5, 0.6) is 0 Å². The molecular formula is C13H15Cl2N3O2S. The Morgan fingerprint density at radius 2 is 1.81 bits per heavy atom. The van der Waals surface area contributed by atoms with E-state index in [1.807, 2.05) is 0 Å². The summed E-state index contributed by atoms with van der Waals surface area (Å²) in [6.45, 7) is 6.77. The molecule has 0 aliphatic carbocycles. The van der Waals surface area contributed by atoms with Gasteiger partial charge in [-0.25, -0.2) is 8.42 Å². The van der Waals surface area contributed by atoms with E-state index in [9.17, 15) is 8.42 Å². The SMILES string of the molecule is Cc1cc(Cl)c(C)c(S(=O)(=O)Nc2c(C)n[nH]c2C)c1Cl. The maximum absolute atomic E-state index is 12.7. The van der Waals surface area contributed by atoms with E-state index in [4.69, 9.17) is 23.2 Å². The number of aromatic amines is 1. The van der Waals surface area contributed by atoms with Gasteiger partial charge in [0.05, 0.1) is 22.1 Å². The summed E-state index contributed by atoms with van der Waals surface area (Å²) in [5, 5.41) is 7.22. The van der Waals surface area contributed by atoms with Crippen LogP contribution >= 0.6 is 23.2 Å². The highest BCUT2D eigenvalue weighted by atomic mass is 35.5. The average molecular weight is 348 g/mol. The highest BCUT2D eigenvalue weighted by Gasteiger charge is 2.25. The average Bonchev–Trinajstić information content (AvgIpc) is 2.68. The van der Waals surface area contributed by atoms with E-state index in [1.54, 1.807) is 33.8 Å². The van der Waals surface area contributed by atoms with Crippen LogP contribution in [0.4, 0.5) is 5.69 Å². The molecule has 114 valence electrons. The lowest BCUT2D eigenvalue weighted by Crippen LogP contribution is -2.16. The Morgan fingerprint density at radius 1 is 1.19 bits per heavy atom. The molecule has 2 N–H and O–H groups in total. The van der Waals surface area contributed by atoms with Gasteiger partial charge in [-0.15, -0.1) is 0 Å². The van der Waals surface area contributed by atoms with Gasteiger partial charge in [0.15, 0.2) is 0 Å². The predicted molar refractivity (Wildman–Crippen MR) is 84.8 cm³/mol. The molecule has 2 rings (SSSR count). The van der Waals surface area contributed by atoms with Crippen LogP contribution < -0.4 is 4.72 Å². The van der Waals surface area contributed by atoms with E-state index in [1.165, 1.54) is 0 Å². The van der Waals surface area contributed by atoms with Gasteiger partial charge in [-0.1, -0.05) is 23.2 Å². The summed E-state index contributed by atoms with van der Waals surface area (Å²) in [6.07, 6.45) is 0. The topological polar surface area (TPSA) is 74.8 Å². The third-order valence-corrected chi connectivity index (χ3v) is 5.73. The smallest absolute Gasteiger partial charge is 0.263 e. The summed E-state index contributed by atoms with van der Waals surface area (Å²) in [7, 11) is -3.86. The van der Waals surface area contributed by atoms with Crippen molar-refractivity contribution in [2.24, 2.45) is 0 Å². The zero-order valence-corrected chi connectivity index (χ0v) is 14.3. The summed E-state index contributed by atoms with van der Waals surface area (Å²) in [5.74, 6) is 0. The van der Waals surface area contributed by atoms with Crippen LogP contribution in [-0.2, 0) is 10.0 Å². The number of nitrogens with one attached hydrogen (secondary N) is 2. The third-order valence-electron chi connectivity index (χ3n) is 3.22. The standard InChI is InChI=1S/C13H15Cl2N3O2S/c1-6-5-10(14)7(2)13(11(6)15)21(19,20)18-12-8(3)16-17-9(12)4/h5,18H,1-4H3,(H,16,17). The summed E-state index contributed by atoms with van der Waals surface area (Å²) in [5.41, 5.74) is 2.63. The third kappa shape index (κ3) is 2.88. The van der Waals surface area contributed by atoms with Crippen LogP contribution in [0.2, 0.25) is 10.0 Å². The number of hydrogen-bond acceptors (Lipinski definition) is 3. The Morgan fingerprint density at radius 3 is 2.33 bits per heavy atom. The van der Waals surface area contributed by atoms with E-state index in [0.29, 0.717) is 33.2 Å². The minimum absolute atomic E-state index is 0.00540. The number of aryl methyl sites for hydroxylation is 3. The first kappa shape index (κ1) is 16.1. The van der Waals surface area contributed by atoms with Gasteiger partial charge in [-0.05, 0) is 44.9 Å². The molecule has 0 bridgehead atoms. The fourth-order valence-electron chi connectivity index (χ4n) is 2.02. The summed E-state index contributed by atoms with van der Waals surface area (Å²) in [6, 6.07) is 1.65. The lowest BCUT2D eigenvalue weighted by atomic mass is 10.2. The molecule has 1 aromatic carbocycles. The first-order chi connectivity index (χ1) is 9.65. The maximum Gasteiger partial charge on any atom is 0.263 e. The van der Waals surface area contributed by atoms with Crippen LogP contribution in [0.1, 0.15) is 22.5 Å². The number of benzene rings is 1. The van der Waals surface area contributed by atoms with Gasteiger partial charge in [-0.2, -0.15) is 5.10 Å². The van der Waals surface area contributed by atoms with Gasteiger partial charge >= 0.3 is 0 Å². The Labute approximate surface area is 133 Å². The zero-order valence-electron chi connectivity index (χ0n) is 12.0. The molecule has 0 aliphatic rings. The number of H-pyrrole nitrogens is 1. The molecule has 0 atom stereocenters. The molecule has 21 heavy (non-hydrogen) atoms. The molecule has 0 saturated heterocycles. The van der Waals surface area contributed by atoms with Crippen molar-refractivity contribution in [3.63, 3.8) is 0 Å². The monoisotopic (exact) mass is 347 g/mol. The van der Waals surface area contributed by atoms with E-state index < -0.39 is 10.0 Å². The highest BCUT2D eigenvalue weighted by molar-refractivity contribution is 7.93. The molecular weight excluding hydrogens is 333 g/mol. The highest BCUT2D eigenvalue weighted by Crippen LogP contribution is 2.34. The fourth-order valence-corrected chi connectivity index (χ4v) is 4.42. The Hall–Kier alpha value is -1.24. The van der Waals surface area contributed by atoms with Gasteiger partial charge in [0.25, 0.3) is 10.0 Å². The second-order valence-corrected chi connectivity index (χ2v) is 7.26. The first-order valence-electron chi connectivity index (χ1n) is 6.14. The van der Waals surface area contributed by atoms with E-state index in [-0.39, 0.29) is 9.92 Å². The minimum Gasteiger partial charge on any atom is -0.280 e. The summed E-state index contributed by atoms with van der Waals surface area (Å²) in [4.78, 5) is -0.00540. The van der Waals surface area contributed by atoms with Crippen molar-refractivity contribution >= 4 is 38.9 Å². The van der Waals surface area contributed by atoms with Gasteiger partial charge in [0, 0.05) is 5.02 Å². The lowest BCUT2D eigenvalue weighted by molar-refractivity contribution is 0.600. The van der Waals surface area contributed by atoms with Crippen molar-refractivity contribution in [2.75, 3.05) is 4.72 Å². The number of aromatic nitrogens is 2. The minimum atomic E-state index is -3.86. The number of sulfonamides is 1. The molecule has 0 saturated carbocycles. The molecule has 1 aromatic heterocycles. The fraction of sp³-hybridized carbons (Fsp3) is 0.308. The van der Waals surface area contributed by atoms with Crippen LogP contribution in [0.15, 0.2) is 11.0 Å². The van der Waals surface area contributed by atoms with Crippen molar-refractivity contribution in [3.05, 3.63) is 38.6 Å². The quantitative estimate of drug-likeness (QED) is 0.887.